The molecule has 0 aliphatic carbocycles. The first kappa shape index (κ1) is 11.8. The molecule has 1 aliphatic rings. The van der Waals surface area contributed by atoms with E-state index in [2.05, 4.69) is 24.8 Å². The molecule has 2 atom stereocenters. The molecule has 17 heavy (non-hydrogen) atoms. The van der Waals surface area contributed by atoms with E-state index in [1.807, 2.05) is 12.1 Å². The highest BCUT2D eigenvalue weighted by Gasteiger charge is 2.23. The van der Waals surface area contributed by atoms with Crippen LogP contribution >= 0.6 is 0 Å². The monoisotopic (exact) mass is 229 g/mol. The van der Waals surface area contributed by atoms with Gasteiger partial charge in [0.15, 0.2) is 0 Å². The second kappa shape index (κ2) is 4.67. The van der Waals surface area contributed by atoms with E-state index in [-0.39, 0.29) is 0 Å². The number of hydrogen-bond acceptors (Lipinski definition) is 3. The first-order chi connectivity index (χ1) is 8.10. The zero-order valence-electron chi connectivity index (χ0n) is 10.5. The van der Waals surface area contributed by atoms with E-state index >= 15 is 0 Å². The number of nitrogens with two attached hydrogens (primary N) is 1. The van der Waals surface area contributed by atoms with Crippen LogP contribution in [0.2, 0.25) is 0 Å². The lowest BCUT2D eigenvalue weighted by Gasteiger charge is -2.37. The molecule has 1 aliphatic heterocycles. The van der Waals surface area contributed by atoms with Crippen LogP contribution in [0, 0.1) is 23.2 Å². The molecule has 1 heterocycles. The Morgan fingerprint density at radius 3 is 2.53 bits per heavy atom. The molecule has 0 unspecified atom stereocenters. The lowest BCUT2D eigenvalue weighted by Crippen LogP contribution is -2.39. The van der Waals surface area contributed by atoms with Gasteiger partial charge in [-0.1, -0.05) is 13.8 Å². The van der Waals surface area contributed by atoms with Crippen LogP contribution in [-0.2, 0) is 0 Å². The van der Waals surface area contributed by atoms with Crippen molar-refractivity contribution in [2.24, 2.45) is 11.8 Å². The van der Waals surface area contributed by atoms with E-state index in [1.165, 1.54) is 6.42 Å². The minimum absolute atomic E-state index is 0.656. The van der Waals surface area contributed by atoms with Gasteiger partial charge in [-0.05, 0) is 36.5 Å². The van der Waals surface area contributed by atoms with Gasteiger partial charge in [0.1, 0.15) is 6.07 Å². The van der Waals surface area contributed by atoms with Crippen molar-refractivity contribution < 1.29 is 0 Å². The number of nitrogen functional groups attached to an aromatic ring is 1. The van der Waals surface area contributed by atoms with E-state index < -0.39 is 0 Å². The Kier molecular flexibility index (Phi) is 3.23. The highest BCUT2D eigenvalue weighted by Crippen LogP contribution is 2.29. The maximum Gasteiger partial charge on any atom is 0.101 e. The molecule has 0 saturated carbocycles. The van der Waals surface area contributed by atoms with Gasteiger partial charge < -0.3 is 10.6 Å². The van der Waals surface area contributed by atoms with Crippen LogP contribution in [0.1, 0.15) is 25.8 Å². The summed E-state index contributed by atoms with van der Waals surface area (Å²) in [6.07, 6.45) is 1.27. The molecule has 3 nitrogen and oxygen atoms in total. The van der Waals surface area contributed by atoms with Crippen molar-refractivity contribution in [2.75, 3.05) is 23.7 Å². The molecule has 2 N–H and O–H groups in total. The lowest BCUT2D eigenvalue weighted by atomic mass is 9.91. The molecule has 0 amide bonds. The predicted octanol–water partition coefficient (Wildman–Crippen LogP) is 2.62. The highest BCUT2D eigenvalue weighted by atomic mass is 15.1. The quantitative estimate of drug-likeness (QED) is 0.753. The first-order valence-electron chi connectivity index (χ1n) is 6.14. The zero-order chi connectivity index (χ0) is 12.4. The summed E-state index contributed by atoms with van der Waals surface area (Å²) >= 11 is 0. The molecular formula is C14H19N3. The Balaban J connectivity index is 2.30. The Bertz CT molecular complexity index is 437. The molecular weight excluding hydrogens is 210 g/mol. The van der Waals surface area contributed by atoms with Gasteiger partial charge >= 0.3 is 0 Å². The van der Waals surface area contributed by atoms with E-state index in [0.717, 1.165) is 18.8 Å². The molecule has 1 fully saturated rings. The molecule has 0 radical (unpaired) electrons. The van der Waals surface area contributed by atoms with Crippen LogP contribution in [0.3, 0.4) is 0 Å². The van der Waals surface area contributed by atoms with E-state index in [9.17, 15) is 5.26 Å². The minimum atomic E-state index is 0.656. The average Bonchev–Trinajstić information content (AvgIpc) is 2.27. The Hall–Kier alpha value is -1.69. The van der Waals surface area contributed by atoms with E-state index in [0.29, 0.717) is 23.1 Å². The fraction of sp³-hybridized carbons (Fsp3) is 0.500. The third kappa shape index (κ3) is 2.52. The van der Waals surface area contributed by atoms with Crippen LogP contribution < -0.4 is 10.6 Å². The molecule has 0 aromatic heterocycles. The van der Waals surface area contributed by atoms with Gasteiger partial charge in [0, 0.05) is 18.8 Å². The third-order valence-corrected chi connectivity index (χ3v) is 3.35. The maximum atomic E-state index is 9.17. The normalized spacial score (nSPS) is 24.4. The number of piperidine rings is 1. The summed E-state index contributed by atoms with van der Waals surface area (Å²) in [5, 5.41) is 9.17. The van der Waals surface area contributed by atoms with Crippen molar-refractivity contribution in [2.45, 2.75) is 20.3 Å². The molecule has 1 aromatic rings. The second-order valence-corrected chi connectivity index (χ2v) is 5.24. The van der Waals surface area contributed by atoms with E-state index in [1.54, 1.807) is 6.07 Å². The molecule has 1 aromatic carbocycles. The fourth-order valence-corrected chi connectivity index (χ4v) is 2.78. The standard InChI is InChI=1S/C14H19N3/c1-10-5-11(2)9-17(8-10)14-4-3-13(16)6-12(14)7-15/h3-4,6,10-11H,5,8-9,16H2,1-2H3/t10-,11+. The highest BCUT2D eigenvalue weighted by molar-refractivity contribution is 5.64. The molecule has 1 saturated heterocycles. The van der Waals surface area contributed by atoms with Gasteiger partial charge in [-0.25, -0.2) is 0 Å². The Labute approximate surface area is 103 Å². The van der Waals surface area contributed by atoms with Gasteiger partial charge in [0.2, 0.25) is 0 Å². The van der Waals surface area contributed by atoms with Crippen molar-refractivity contribution in [3.8, 4) is 6.07 Å². The Morgan fingerprint density at radius 2 is 1.94 bits per heavy atom. The van der Waals surface area contributed by atoms with Crippen molar-refractivity contribution in [1.29, 1.82) is 5.26 Å². The predicted molar refractivity (Wildman–Crippen MR) is 70.7 cm³/mol. The van der Waals surface area contributed by atoms with Gasteiger partial charge in [-0.2, -0.15) is 5.26 Å². The summed E-state index contributed by atoms with van der Waals surface area (Å²) in [6.45, 7) is 6.60. The number of nitrogens with zero attached hydrogens (tertiary/aromatic N) is 2. The molecule has 3 heteroatoms. The summed E-state index contributed by atoms with van der Waals surface area (Å²) in [5.41, 5.74) is 8.09. The smallest absolute Gasteiger partial charge is 0.101 e. The number of anilines is 2. The van der Waals surface area contributed by atoms with Crippen LogP contribution in [-0.4, -0.2) is 13.1 Å². The molecule has 0 bridgehead atoms. The molecule has 2 rings (SSSR count). The summed E-state index contributed by atoms with van der Waals surface area (Å²) < 4.78 is 0. The van der Waals surface area contributed by atoms with Crippen molar-refractivity contribution in [1.82, 2.24) is 0 Å². The topological polar surface area (TPSA) is 53.0 Å². The van der Waals surface area contributed by atoms with Crippen molar-refractivity contribution >= 4 is 11.4 Å². The minimum Gasteiger partial charge on any atom is -0.399 e. The van der Waals surface area contributed by atoms with Gasteiger partial charge in [0.05, 0.1) is 11.3 Å². The second-order valence-electron chi connectivity index (χ2n) is 5.24. The van der Waals surface area contributed by atoms with E-state index in [4.69, 9.17) is 5.73 Å². The van der Waals surface area contributed by atoms with Crippen molar-refractivity contribution in [3.63, 3.8) is 0 Å². The number of rotatable bonds is 1. The lowest BCUT2D eigenvalue weighted by molar-refractivity contribution is 0.357. The Morgan fingerprint density at radius 1 is 1.29 bits per heavy atom. The van der Waals surface area contributed by atoms with Crippen LogP contribution in [0.25, 0.3) is 0 Å². The third-order valence-electron chi connectivity index (χ3n) is 3.35. The van der Waals surface area contributed by atoms with Gasteiger partial charge in [0.25, 0.3) is 0 Å². The maximum absolute atomic E-state index is 9.17. The summed E-state index contributed by atoms with van der Waals surface area (Å²) in [7, 11) is 0. The summed E-state index contributed by atoms with van der Waals surface area (Å²) in [5.74, 6) is 1.37. The molecule has 90 valence electrons. The van der Waals surface area contributed by atoms with Crippen LogP contribution in [0.15, 0.2) is 18.2 Å². The largest absolute Gasteiger partial charge is 0.399 e. The number of benzene rings is 1. The fourth-order valence-electron chi connectivity index (χ4n) is 2.78. The summed E-state index contributed by atoms with van der Waals surface area (Å²) in [4.78, 5) is 2.32. The van der Waals surface area contributed by atoms with Crippen LogP contribution in [0.4, 0.5) is 11.4 Å². The number of nitriles is 1. The number of hydrogen-bond donors (Lipinski definition) is 1. The SMILES string of the molecule is C[C@@H]1C[C@H](C)CN(c2ccc(N)cc2C#N)C1. The molecule has 0 spiro atoms. The summed E-state index contributed by atoms with van der Waals surface area (Å²) in [6, 6.07) is 7.85. The van der Waals surface area contributed by atoms with Crippen LogP contribution in [0.5, 0.6) is 0 Å². The van der Waals surface area contributed by atoms with Gasteiger partial charge in [-0.3, -0.25) is 0 Å². The zero-order valence-corrected chi connectivity index (χ0v) is 10.5. The first-order valence-corrected chi connectivity index (χ1v) is 6.14. The van der Waals surface area contributed by atoms with Crippen molar-refractivity contribution in [3.05, 3.63) is 23.8 Å². The van der Waals surface area contributed by atoms with Gasteiger partial charge in [-0.15, -0.1) is 0 Å². The average molecular weight is 229 g/mol.